The van der Waals surface area contributed by atoms with Gasteiger partial charge in [-0.3, -0.25) is 9.11 Å². The molecular formula is C34H26N4NaO10S2+. The molecule has 0 bridgehead atoms. The van der Waals surface area contributed by atoms with E-state index in [1.807, 2.05) is 0 Å². The smallest absolute Gasteiger partial charge is 0.506 e. The van der Waals surface area contributed by atoms with Crippen molar-refractivity contribution in [3.8, 4) is 34.1 Å². The Morgan fingerprint density at radius 2 is 0.843 bits per heavy atom. The topological polar surface area (TPSA) is 217 Å². The van der Waals surface area contributed by atoms with Crippen molar-refractivity contribution in [1.82, 2.24) is 0 Å². The molecule has 0 unspecified atom stereocenters. The number of phenolic OH excluding ortho intramolecular Hbond substituents is 2. The van der Waals surface area contributed by atoms with Crippen LogP contribution in [0.3, 0.4) is 0 Å². The predicted octanol–water partition coefficient (Wildman–Crippen LogP) is 5.42. The van der Waals surface area contributed by atoms with Crippen LogP contribution in [0, 0.1) is 0 Å². The van der Waals surface area contributed by atoms with Crippen molar-refractivity contribution in [1.29, 1.82) is 0 Å². The van der Waals surface area contributed by atoms with E-state index in [0.717, 1.165) is 11.1 Å². The molecule has 0 spiro atoms. The van der Waals surface area contributed by atoms with Crippen LogP contribution in [-0.4, -0.2) is 50.4 Å². The van der Waals surface area contributed by atoms with Crippen molar-refractivity contribution in [2.75, 3.05) is 14.2 Å². The van der Waals surface area contributed by atoms with Gasteiger partial charge < -0.3 is 19.7 Å². The van der Waals surface area contributed by atoms with Crippen LogP contribution in [0.4, 0.5) is 22.7 Å². The number of benzene rings is 6. The molecule has 0 fully saturated rings. The second-order valence-electron chi connectivity index (χ2n) is 10.8. The van der Waals surface area contributed by atoms with E-state index >= 15 is 0 Å². The van der Waals surface area contributed by atoms with E-state index in [9.17, 15) is 36.2 Å². The third kappa shape index (κ3) is 8.18. The Labute approximate surface area is 313 Å². The molecule has 4 N–H and O–H groups in total. The van der Waals surface area contributed by atoms with Gasteiger partial charge in [-0.25, -0.2) is 0 Å². The molecule has 6 rings (SSSR count). The van der Waals surface area contributed by atoms with Crippen LogP contribution >= 0.6 is 0 Å². The summed E-state index contributed by atoms with van der Waals surface area (Å²) in [6, 6.07) is 23.8. The van der Waals surface area contributed by atoms with E-state index in [1.165, 1.54) is 74.9 Å². The van der Waals surface area contributed by atoms with Gasteiger partial charge in [-0.2, -0.15) is 16.8 Å². The minimum absolute atomic E-state index is 0. The van der Waals surface area contributed by atoms with Crippen LogP contribution in [0.5, 0.6) is 23.0 Å². The quantitative estimate of drug-likeness (QED) is 0.0840. The van der Waals surface area contributed by atoms with E-state index < -0.39 is 20.2 Å². The Hall–Kier alpha value is -4.94. The fourth-order valence-electron chi connectivity index (χ4n) is 5.08. The second-order valence-corrected chi connectivity index (χ2v) is 13.7. The SMILES string of the molecule is COc1cc(-c2ccc(N=Nc3cc4cc(S(=O)(=O)O)ccc4cc3O)c(OC)c2)ccc1N=Nc1cc2cc(S(=O)(=O)O)ccc2cc1O.[Na+]. The van der Waals surface area contributed by atoms with Gasteiger partial charge in [-0.1, -0.05) is 24.3 Å². The Balaban J connectivity index is 0.00000504. The third-order valence-electron chi connectivity index (χ3n) is 7.63. The molecule has 254 valence electrons. The maximum Gasteiger partial charge on any atom is 1.00 e. The van der Waals surface area contributed by atoms with Crippen LogP contribution in [0.15, 0.2) is 127 Å². The van der Waals surface area contributed by atoms with Gasteiger partial charge in [-0.15, -0.1) is 20.5 Å². The molecule has 0 radical (unpaired) electrons. The average Bonchev–Trinajstić information content (AvgIpc) is 3.08. The molecule has 0 aromatic heterocycles. The molecule has 6 aromatic carbocycles. The Bertz CT molecular complexity index is 2430. The fraction of sp³-hybridized carbons (Fsp3) is 0.0588. The molecule has 0 aliphatic carbocycles. The van der Waals surface area contributed by atoms with E-state index in [4.69, 9.17) is 9.47 Å². The van der Waals surface area contributed by atoms with Crippen molar-refractivity contribution in [3.63, 3.8) is 0 Å². The summed E-state index contributed by atoms with van der Waals surface area (Å²) in [5, 5.41) is 39.6. The number of hydrogen-bond acceptors (Lipinski definition) is 12. The predicted molar refractivity (Wildman–Crippen MR) is 184 cm³/mol. The van der Waals surface area contributed by atoms with Crippen LogP contribution in [-0.2, 0) is 20.2 Å². The second kappa shape index (κ2) is 14.7. The standard InChI is InChI=1S/C34H26N4O10S2.Na/c1-47-33-17-21(5-9-27(33)35-37-29-13-23-11-25(49(41,42)43)7-3-19(23)15-31(29)39)22-6-10-28(34(18-22)48-2)36-38-30-14-24-12-26(50(44,45)46)8-4-20(24)16-32(30)40;/h3-18,39-40H,1-2H3,(H,41,42,43)(H,44,45,46);/q;+1. The number of rotatable bonds is 9. The molecule has 51 heavy (non-hydrogen) atoms. The minimum Gasteiger partial charge on any atom is -0.506 e. The van der Waals surface area contributed by atoms with Gasteiger partial charge in [0.2, 0.25) is 0 Å². The largest absolute Gasteiger partial charge is 1.00 e. The zero-order chi connectivity index (χ0) is 35.8. The summed E-state index contributed by atoms with van der Waals surface area (Å²) in [5.41, 5.74) is 2.22. The number of azo groups is 2. The summed E-state index contributed by atoms with van der Waals surface area (Å²) in [5.74, 6) is 0.324. The maximum absolute atomic E-state index is 11.6. The summed E-state index contributed by atoms with van der Waals surface area (Å²) in [6.45, 7) is 0. The van der Waals surface area contributed by atoms with Crippen LogP contribution < -0.4 is 39.0 Å². The number of phenols is 2. The van der Waals surface area contributed by atoms with Crippen molar-refractivity contribution in [3.05, 3.63) is 97.1 Å². The molecular weight excluding hydrogens is 712 g/mol. The third-order valence-corrected chi connectivity index (χ3v) is 9.33. The van der Waals surface area contributed by atoms with Gasteiger partial charge >= 0.3 is 29.6 Å². The van der Waals surface area contributed by atoms with Gasteiger partial charge in [0.1, 0.15) is 45.7 Å². The Morgan fingerprint density at radius 1 is 0.471 bits per heavy atom. The molecule has 0 saturated carbocycles. The van der Waals surface area contributed by atoms with E-state index in [1.54, 1.807) is 36.4 Å². The van der Waals surface area contributed by atoms with E-state index in [0.29, 0.717) is 44.4 Å². The first-order valence-corrected chi connectivity index (χ1v) is 17.3. The molecule has 14 nitrogen and oxygen atoms in total. The zero-order valence-corrected chi connectivity index (χ0v) is 30.7. The first-order valence-electron chi connectivity index (χ1n) is 14.4. The summed E-state index contributed by atoms with van der Waals surface area (Å²) in [7, 11) is -5.94. The molecule has 0 aliphatic rings. The molecule has 0 aliphatic heterocycles. The first-order chi connectivity index (χ1) is 23.7. The summed E-state index contributed by atoms with van der Waals surface area (Å²) < 4.78 is 76.1. The van der Waals surface area contributed by atoms with E-state index in [2.05, 4.69) is 20.5 Å². The first kappa shape index (κ1) is 37.3. The van der Waals surface area contributed by atoms with E-state index in [-0.39, 0.29) is 62.2 Å². The minimum atomic E-state index is -4.43. The van der Waals surface area contributed by atoms with Crippen molar-refractivity contribution in [2.45, 2.75) is 9.79 Å². The van der Waals surface area contributed by atoms with Crippen molar-refractivity contribution < 1.29 is 75.2 Å². The van der Waals surface area contributed by atoms with Gasteiger partial charge in [-0.05, 0) is 105 Å². The summed E-state index contributed by atoms with van der Waals surface area (Å²) >= 11 is 0. The fourth-order valence-corrected chi connectivity index (χ4v) is 6.11. The molecule has 0 heterocycles. The van der Waals surface area contributed by atoms with Gasteiger partial charge in [0.25, 0.3) is 20.2 Å². The molecule has 17 heteroatoms. The maximum atomic E-state index is 11.6. The van der Waals surface area contributed by atoms with Crippen molar-refractivity contribution in [2.24, 2.45) is 20.5 Å². The average molecular weight is 738 g/mol. The molecule has 0 atom stereocenters. The molecule has 0 amide bonds. The van der Waals surface area contributed by atoms with Crippen LogP contribution in [0.25, 0.3) is 32.7 Å². The van der Waals surface area contributed by atoms with Gasteiger partial charge in [0.05, 0.1) is 24.0 Å². The number of ether oxygens (including phenoxy) is 2. The Morgan fingerprint density at radius 3 is 1.20 bits per heavy atom. The number of nitrogens with zero attached hydrogens (tertiary/aromatic N) is 4. The zero-order valence-electron chi connectivity index (χ0n) is 27.1. The Kier molecular flexibility index (Phi) is 10.8. The molecule has 6 aromatic rings. The number of fused-ring (bicyclic) bond motifs is 2. The monoisotopic (exact) mass is 737 g/mol. The normalized spacial score (nSPS) is 12.1. The van der Waals surface area contributed by atoms with Gasteiger partial charge in [0.15, 0.2) is 0 Å². The van der Waals surface area contributed by atoms with Crippen LogP contribution in [0.1, 0.15) is 0 Å². The summed E-state index contributed by atoms with van der Waals surface area (Å²) in [4.78, 5) is -0.598. The van der Waals surface area contributed by atoms with Crippen molar-refractivity contribution >= 4 is 64.5 Å². The summed E-state index contributed by atoms with van der Waals surface area (Å²) in [6.07, 6.45) is 0. The number of hydrogen-bond donors (Lipinski definition) is 4. The number of methoxy groups -OCH3 is 2. The number of aromatic hydroxyl groups is 2. The molecule has 0 saturated heterocycles. The van der Waals surface area contributed by atoms with Crippen LogP contribution in [0.2, 0.25) is 0 Å². The van der Waals surface area contributed by atoms with Gasteiger partial charge in [0, 0.05) is 0 Å².